The van der Waals surface area contributed by atoms with E-state index in [9.17, 15) is 27.9 Å². The summed E-state index contributed by atoms with van der Waals surface area (Å²) < 4.78 is 47.4. The van der Waals surface area contributed by atoms with Crippen molar-refractivity contribution in [3.8, 4) is 22.6 Å². The fourth-order valence-corrected chi connectivity index (χ4v) is 4.83. The number of carboxylic acid groups (broad SMARTS) is 2. The second-order valence-electron chi connectivity index (χ2n) is 10.5. The van der Waals surface area contributed by atoms with E-state index in [2.05, 4.69) is 9.64 Å². The number of rotatable bonds is 16. The van der Waals surface area contributed by atoms with Crippen molar-refractivity contribution in [2.45, 2.75) is 45.2 Å². The molecule has 0 saturated heterocycles. The number of carboxylic acids is 2. The van der Waals surface area contributed by atoms with Crippen LogP contribution in [-0.4, -0.2) is 46.5 Å². The molecule has 0 bridgehead atoms. The van der Waals surface area contributed by atoms with Crippen LogP contribution in [0.2, 0.25) is 0 Å². The molecule has 7 nitrogen and oxygen atoms in total. The Morgan fingerprint density at radius 2 is 1.36 bits per heavy atom. The lowest BCUT2D eigenvalue weighted by Crippen LogP contribution is -2.27. The van der Waals surface area contributed by atoms with Gasteiger partial charge in [-0.2, -0.15) is 0 Å². The Balaban J connectivity index is 1.36. The number of halogens is 3. The quantitative estimate of drug-likeness (QED) is 0.123. The molecule has 0 aliphatic heterocycles. The maximum atomic E-state index is 12.4. The Hall–Kier alpha value is -4.83. The van der Waals surface area contributed by atoms with Gasteiger partial charge >= 0.3 is 18.3 Å². The van der Waals surface area contributed by atoms with Crippen LogP contribution < -0.4 is 9.47 Å². The van der Waals surface area contributed by atoms with E-state index in [-0.39, 0.29) is 17.7 Å². The molecule has 4 rings (SSSR count). The van der Waals surface area contributed by atoms with Crippen LogP contribution in [0.1, 0.15) is 46.3 Å². The summed E-state index contributed by atoms with van der Waals surface area (Å²) in [5.74, 6) is -1.32. The van der Waals surface area contributed by atoms with Gasteiger partial charge in [0.1, 0.15) is 18.1 Å². The standard InChI is InChI=1S/C35H34F3NO6/c36-35(37,38)45-31-18-16-28(17-19-31)27-12-10-26(11-13-27)24-44-32-6-2-1-5-29(32)20-22-39(21-4-3-7-33(40)41)23-25-8-14-30(15-9-25)34(42)43/h1-2,5-6,8-19H,3-4,7,20-24H2,(H,40,41)(H,42,43). The van der Waals surface area contributed by atoms with Crippen LogP contribution >= 0.6 is 0 Å². The molecule has 0 saturated carbocycles. The minimum absolute atomic E-state index is 0.113. The third-order valence-corrected chi connectivity index (χ3v) is 7.16. The fraction of sp³-hybridized carbons (Fsp3) is 0.257. The van der Waals surface area contributed by atoms with Gasteiger partial charge < -0.3 is 19.7 Å². The highest BCUT2D eigenvalue weighted by molar-refractivity contribution is 5.87. The number of carbonyl (C=O) groups is 2. The molecule has 45 heavy (non-hydrogen) atoms. The van der Waals surface area contributed by atoms with Crippen LogP contribution in [-0.2, 0) is 24.4 Å². The topological polar surface area (TPSA) is 96.3 Å². The molecular weight excluding hydrogens is 587 g/mol. The van der Waals surface area contributed by atoms with Crippen LogP contribution in [0.25, 0.3) is 11.1 Å². The van der Waals surface area contributed by atoms with Gasteiger partial charge in [-0.1, -0.05) is 66.7 Å². The fourth-order valence-electron chi connectivity index (χ4n) is 4.83. The third kappa shape index (κ3) is 11.0. The average molecular weight is 622 g/mol. The Morgan fingerprint density at radius 3 is 1.98 bits per heavy atom. The van der Waals surface area contributed by atoms with Gasteiger partial charge in [0.15, 0.2) is 0 Å². The summed E-state index contributed by atoms with van der Waals surface area (Å²) >= 11 is 0. The molecule has 236 valence electrons. The number of para-hydroxylation sites is 1. The average Bonchev–Trinajstić information content (AvgIpc) is 3.01. The molecule has 0 amide bonds. The number of aromatic carboxylic acids is 1. The Kier molecular flexibility index (Phi) is 11.6. The van der Waals surface area contributed by atoms with Gasteiger partial charge in [-0.25, -0.2) is 4.79 Å². The summed E-state index contributed by atoms with van der Waals surface area (Å²) in [6.45, 7) is 2.31. The van der Waals surface area contributed by atoms with Gasteiger partial charge in [0.25, 0.3) is 0 Å². The molecule has 0 atom stereocenters. The summed E-state index contributed by atoms with van der Waals surface area (Å²) in [5.41, 5.74) is 4.74. The number of benzene rings is 4. The Labute approximate surface area is 259 Å². The Bertz CT molecular complexity index is 1540. The predicted molar refractivity (Wildman–Crippen MR) is 163 cm³/mol. The normalized spacial score (nSPS) is 11.4. The zero-order valence-corrected chi connectivity index (χ0v) is 24.5. The first kappa shape index (κ1) is 33.1. The smallest absolute Gasteiger partial charge is 0.489 e. The highest BCUT2D eigenvalue weighted by Crippen LogP contribution is 2.27. The first-order valence-corrected chi connectivity index (χ1v) is 14.5. The van der Waals surface area contributed by atoms with E-state index in [1.165, 1.54) is 12.1 Å². The molecule has 0 unspecified atom stereocenters. The van der Waals surface area contributed by atoms with Crippen molar-refractivity contribution in [3.63, 3.8) is 0 Å². The highest BCUT2D eigenvalue weighted by atomic mass is 19.4. The van der Waals surface area contributed by atoms with E-state index in [1.54, 1.807) is 36.4 Å². The lowest BCUT2D eigenvalue weighted by molar-refractivity contribution is -0.274. The second kappa shape index (κ2) is 15.8. The molecular formula is C35H34F3NO6. The minimum Gasteiger partial charge on any atom is -0.489 e. The van der Waals surface area contributed by atoms with Crippen molar-refractivity contribution < 1.29 is 42.4 Å². The van der Waals surface area contributed by atoms with Crippen LogP contribution in [0.5, 0.6) is 11.5 Å². The highest BCUT2D eigenvalue weighted by Gasteiger charge is 2.31. The third-order valence-electron chi connectivity index (χ3n) is 7.16. The van der Waals surface area contributed by atoms with E-state index in [1.807, 2.05) is 48.5 Å². The van der Waals surface area contributed by atoms with Gasteiger partial charge in [-0.15, -0.1) is 13.2 Å². The monoisotopic (exact) mass is 621 g/mol. The largest absolute Gasteiger partial charge is 0.573 e. The Morgan fingerprint density at radius 1 is 0.733 bits per heavy atom. The summed E-state index contributed by atoms with van der Waals surface area (Å²) in [5, 5.41) is 18.2. The van der Waals surface area contributed by atoms with Crippen molar-refractivity contribution >= 4 is 11.9 Å². The summed E-state index contributed by atoms with van der Waals surface area (Å²) in [7, 11) is 0. The molecule has 0 aliphatic carbocycles. The number of ether oxygens (including phenoxy) is 2. The molecule has 2 N–H and O–H groups in total. The number of nitrogens with zero attached hydrogens (tertiary/aromatic N) is 1. The van der Waals surface area contributed by atoms with Gasteiger partial charge in [-0.05, 0) is 84.0 Å². The van der Waals surface area contributed by atoms with Crippen LogP contribution in [0, 0.1) is 0 Å². The summed E-state index contributed by atoms with van der Waals surface area (Å²) in [4.78, 5) is 24.4. The predicted octanol–water partition coefficient (Wildman–Crippen LogP) is 7.83. The first-order valence-electron chi connectivity index (χ1n) is 14.5. The number of alkyl halides is 3. The van der Waals surface area contributed by atoms with Crippen LogP contribution in [0.15, 0.2) is 97.1 Å². The summed E-state index contributed by atoms with van der Waals surface area (Å²) in [6.07, 6.45) is -2.64. The van der Waals surface area contributed by atoms with Crippen molar-refractivity contribution in [1.29, 1.82) is 0 Å². The molecule has 0 radical (unpaired) electrons. The SMILES string of the molecule is O=C(O)CCCCN(CCc1ccccc1OCc1ccc(-c2ccc(OC(F)(F)F)cc2)cc1)Cc1ccc(C(=O)O)cc1. The minimum atomic E-state index is -4.73. The van der Waals surface area contributed by atoms with E-state index in [0.717, 1.165) is 40.0 Å². The van der Waals surface area contributed by atoms with E-state index in [0.29, 0.717) is 39.1 Å². The van der Waals surface area contributed by atoms with Crippen molar-refractivity contribution in [2.24, 2.45) is 0 Å². The van der Waals surface area contributed by atoms with E-state index in [4.69, 9.17) is 9.84 Å². The second-order valence-corrected chi connectivity index (χ2v) is 10.5. The van der Waals surface area contributed by atoms with Crippen LogP contribution in [0.3, 0.4) is 0 Å². The van der Waals surface area contributed by atoms with E-state index >= 15 is 0 Å². The van der Waals surface area contributed by atoms with E-state index < -0.39 is 18.3 Å². The van der Waals surface area contributed by atoms with Crippen LogP contribution in [0.4, 0.5) is 13.2 Å². The zero-order valence-electron chi connectivity index (χ0n) is 24.5. The van der Waals surface area contributed by atoms with Crippen molar-refractivity contribution in [3.05, 3.63) is 119 Å². The number of hydrogen-bond acceptors (Lipinski definition) is 5. The zero-order chi connectivity index (χ0) is 32.2. The maximum Gasteiger partial charge on any atom is 0.573 e. The molecule has 0 aliphatic rings. The van der Waals surface area contributed by atoms with Gasteiger partial charge in [0.05, 0.1) is 5.56 Å². The van der Waals surface area contributed by atoms with Gasteiger partial charge in [0.2, 0.25) is 0 Å². The lowest BCUT2D eigenvalue weighted by atomic mass is 10.0. The van der Waals surface area contributed by atoms with Crippen molar-refractivity contribution in [2.75, 3.05) is 13.1 Å². The number of hydrogen-bond donors (Lipinski definition) is 2. The molecule has 0 aromatic heterocycles. The number of unbranched alkanes of at least 4 members (excludes halogenated alkanes) is 1. The molecule has 0 heterocycles. The lowest BCUT2D eigenvalue weighted by Gasteiger charge is -2.23. The molecule has 4 aromatic carbocycles. The van der Waals surface area contributed by atoms with Gasteiger partial charge in [0, 0.05) is 19.5 Å². The molecule has 0 fully saturated rings. The number of aliphatic carboxylic acids is 1. The van der Waals surface area contributed by atoms with Crippen molar-refractivity contribution in [1.82, 2.24) is 4.90 Å². The summed E-state index contributed by atoms with van der Waals surface area (Å²) in [6, 6.07) is 27.8. The molecule has 4 aromatic rings. The van der Waals surface area contributed by atoms with Gasteiger partial charge in [-0.3, -0.25) is 9.69 Å². The molecule has 0 spiro atoms. The molecule has 10 heteroatoms. The first-order chi connectivity index (χ1) is 21.6. The maximum absolute atomic E-state index is 12.4.